The fraction of sp³-hybridized carbons (Fsp3) is 0.500. The van der Waals surface area contributed by atoms with Gasteiger partial charge in [0.25, 0.3) is 5.91 Å². The fourth-order valence-electron chi connectivity index (χ4n) is 4.32. The number of ether oxygens (including phenoxy) is 2. The Kier molecular flexibility index (Phi) is 11.2. The summed E-state index contributed by atoms with van der Waals surface area (Å²) in [5.74, 6) is 0.375. The third kappa shape index (κ3) is 8.62. The third-order valence-corrected chi connectivity index (χ3v) is 6.41. The van der Waals surface area contributed by atoms with Crippen molar-refractivity contribution in [3.8, 4) is 11.5 Å². The molecule has 0 saturated carbocycles. The molecule has 0 aliphatic rings. The monoisotopic (exact) mass is 510 g/mol. The molecule has 0 heterocycles. The average molecular weight is 511 g/mol. The maximum absolute atomic E-state index is 13.4. The van der Waals surface area contributed by atoms with E-state index in [2.05, 4.69) is 17.6 Å². The van der Waals surface area contributed by atoms with Gasteiger partial charge in [-0.1, -0.05) is 66.0 Å². The van der Waals surface area contributed by atoms with Crippen molar-refractivity contribution in [1.29, 1.82) is 0 Å². The molecule has 0 aliphatic heterocycles. The molecule has 2 aromatic rings. The zero-order chi connectivity index (χ0) is 27.6. The molecule has 0 saturated heterocycles. The first-order valence-electron chi connectivity index (χ1n) is 13.0. The summed E-state index contributed by atoms with van der Waals surface area (Å²) in [5.41, 5.74) is 2.50. The first-order valence-corrected chi connectivity index (χ1v) is 13.0. The highest BCUT2D eigenvalue weighted by Crippen LogP contribution is 2.36. The van der Waals surface area contributed by atoms with E-state index in [-0.39, 0.29) is 36.0 Å². The van der Waals surface area contributed by atoms with Crippen molar-refractivity contribution in [1.82, 2.24) is 5.32 Å². The van der Waals surface area contributed by atoms with Gasteiger partial charge in [-0.25, -0.2) is 0 Å². The van der Waals surface area contributed by atoms with E-state index in [9.17, 15) is 14.4 Å². The number of rotatable bonds is 12. The molecule has 7 heteroatoms. The van der Waals surface area contributed by atoms with Gasteiger partial charge < -0.3 is 14.8 Å². The Hall–Kier alpha value is -3.35. The van der Waals surface area contributed by atoms with Gasteiger partial charge in [-0.3, -0.25) is 19.7 Å². The van der Waals surface area contributed by atoms with Crippen LogP contribution in [-0.4, -0.2) is 31.9 Å². The van der Waals surface area contributed by atoms with E-state index in [1.807, 2.05) is 45.0 Å². The Labute approximate surface area is 221 Å². The predicted octanol–water partition coefficient (Wildman–Crippen LogP) is 6.36. The SMILES string of the molecule is CCCCCC(CC(=O)Nc1cc(C(=O)NC(=O)CC)ccc1C(C)(C)C)c1ccc(OC)cc1OC. The van der Waals surface area contributed by atoms with Crippen LogP contribution in [0, 0.1) is 0 Å². The Morgan fingerprint density at radius 2 is 1.65 bits per heavy atom. The molecule has 2 rings (SSSR count). The molecule has 2 N–H and O–H groups in total. The van der Waals surface area contributed by atoms with Crippen molar-refractivity contribution < 1.29 is 23.9 Å². The lowest BCUT2D eigenvalue weighted by molar-refractivity contribution is -0.120. The highest BCUT2D eigenvalue weighted by molar-refractivity contribution is 6.05. The number of carbonyl (C=O) groups excluding carboxylic acids is 3. The highest BCUT2D eigenvalue weighted by Gasteiger charge is 2.24. The van der Waals surface area contributed by atoms with E-state index < -0.39 is 5.91 Å². The molecule has 0 bridgehead atoms. The number of benzene rings is 2. The van der Waals surface area contributed by atoms with Crippen LogP contribution in [-0.2, 0) is 15.0 Å². The van der Waals surface area contributed by atoms with Crippen LogP contribution in [0.15, 0.2) is 36.4 Å². The Morgan fingerprint density at radius 1 is 0.919 bits per heavy atom. The smallest absolute Gasteiger partial charge is 0.257 e. The van der Waals surface area contributed by atoms with Gasteiger partial charge in [0, 0.05) is 30.2 Å². The summed E-state index contributed by atoms with van der Waals surface area (Å²) in [5, 5.41) is 5.44. The predicted molar refractivity (Wildman–Crippen MR) is 148 cm³/mol. The van der Waals surface area contributed by atoms with Crippen LogP contribution in [0.4, 0.5) is 5.69 Å². The van der Waals surface area contributed by atoms with Gasteiger partial charge in [0.05, 0.1) is 14.2 Å². The summed E-state index contributed by atoms with van der Waals surface area (Å²) >= 11 is 0. The molecule has 0 radical (unpaired) electrons. The Morgan fingerprint density at radius 3 is 2.24 bits per heavy atom. The summed E-state index contributed by atoms with van der Waals surface area (Å²) in [6.07, 6.45) is 4.49. The second kappa shape index (κ2) is 13.8. The lowest BCUT2D eigenvalue weighted by Crippen LogP contribution is -2.30. The van der Waals surface area contributed by atoms with Crippen molar-refractivity contribution in [3.05, 3.63) is 53.1 Å². The molecule has 1 atom stereocenters. The summed E-state index contributed by atoms with van der Waals surface area (Å²) in [6, 6.07) is 10.9. The number of amides is 3. The first-order chi connectivity index (χ1) is 17.5. The van der Waals surface area contributed by atoms with Crippen LogP contribution < -0.4 is 20.1 Å². The van der Waals surface area contributed by atoms with Crippen LogP contribution in [0.2, 0.25) is 0 Å². The van der Waals surface area contributed by atoms with Crippen LogP contribution in [0.5, 0.6) is 11.5 Å². The van der Waals surface area contributed by atoms with Crippen LogP contribution in [0.3, 0.4) is 0 Å². The maximum atomic E-state index is 13.4. The summed E-state index contributed by atoms with van der Waals surface area (Å²) in [4.78, 5) is 37.7. The first kappa shape index (κ1) is 29.9. The second-order valence-corrected chi connectivity index (χ2v) is 10.3. The van der Waals surface area contributed by atoms with Crippen molar-refractivity contribution in [2.24, 2.45) is 0 Å². The number of methoxy groups -OCH3 is 2. The Balaban J connectivity index is 2.36. The normalized spacial score (nSPS) is 12.0. The lowest BCUT2D eigenvalue weighted by atomic mass is 9.84. The van der Waals surface area contributed by atoms with Crippen molar-refractivity contribution >= 4 is 23.4 Å². The summed E-state index contributed by atoms with van der Waals surface area (Å²) in [7, 11) is 3.23. The molecular formula is C30H42N2O5. The maximum Gasteiger partial charge on any atom is 0.257 e. The van der Waals surface area contributed by atoms with Crippen molar-refractivity contribution in [2.75, 3.05) is 19.5 Å². The molecule has 7 nitrogen and oxygen atoms in total. The lowest BCUT2D eigenvalue weighted by Gasteiger charge is -2.25. The molecule has 202 valence electrons. The zero-order valence-corrected chi connectivity index (χ0v) is 23.3. The molecule has 1 unspecified atom stereocenters. The van der Waals surface area contributed by atoms with E-state index in [0.717, 1.165) is 36.8 Å². The van der Waals surface area contributed by atoms with E-state index in [0.29, 0.717) is 22.7 Å². The van der Waals surface area contributed by atoms with Gasteiger partial charge in [-0.05, 0) is 47.1 Å². The minimum Gasteiger partial charge on any atom is -0.497 e. The summed E-state index contributed by atoms with van der Waals surface area (Å²) < 4.78 is 11.0. The molecule has 0 aromatic heterocycles. The summed E-state index contributed by atoms with van der Waals surface area (Å²) in [6.45, 7) is 9.99. The largest absolute Gasteiger partial charge is 0.497 e. The number of hydrogen-bond acceptors (Lipinski definition) is 5. The zero-order valence-electron chi connectivity index (χ0n) is 23.3. The van der Waals surface area contributed by atoms with Gasteiger partial charge in [0.2, 0.25) is 11.8 Å². The average Bonchev–Trinajstić information content (AvgIpc) is 2.86. The topological polar surface area (TPSA) is 93.7 Å². The van der Waals surface area contributed by atoms with E-state index >= 15 is 0 Å². The number of carbonyl (C=O) groups is 3. The third-order valence-electron chi connectivity index (χ3n) is 6.41. The molecule has 0 aliphatic carbocycles. The van der Waals surface area contributed by atoms with Crippen LogP contribution >= 0.6 is 0 Å². The number of imide groups is 1. The molecule has 2 aromatic carbocycles. The fourth-order valence-corrected chi connectivity index (χ4v) is 4.32. The van der Waals surface area contributed by atoms with E-state index in [4.69, 9.17) is 9.47 Å². The number of nitrogens with one attached hydrogen (secondary N) is 2. The van der Waals surface area contributed by atoms with E-state index in [1.165, 1.54) is 0 Å². The quantitative estimate of drug-likeness (QED) is 0.324. The molecular weight excluding hydrogens is 468 g/mol. The number of hydrogen-bond donors (Lipinski definition) is 2. The molecule has 37 heavy (non-hydrogen) atoms. The van der Waals surface area contributed by atoms with Gasteiger partial charge in [-0.2, -0.15) is 0 Å². The second-order valence-electron chi connectivity index (χ2n) is 10.3. The molecule has 3 amide bonds. The minimum atomic E-state index is -0.483. The van der Waals surface area contributed by atoms with Gasteiger partial charge >= 0.3 is 0 Å². The van der Waals surface area contributed by atoms with Gasteiger partial charge in [0.1, 0.15) is 11.5 Å². The number of anilines is 1. The molecule has 0 spiro atoms. The van der Waals surface area contributed by atoms with Crippen molar-refractivity contribution in [2.45, 2.75) is 84.5 Å². The van der Waals surface area contributed by atoms with Gasteiger partial charge in [0.15, 0.2) is 0 Å². The molecule has 0 fully saturated rings. The Bertz CT molecular complexity index is 1090. The highest BCUT2D eigenvalue weighted by atomic mass is 16.5. The van der Waals surface area contributed by atoms with Crippen LogP contribution in [0.1, 0.15) is 101 Å². The minimum absolute atomic E-state index is 0.0425. The van der Waals surface area contributed by atoms with E-state index in [1.54, 1.807) is 33.3 Å². The standard InChI is InChI=1S/C30H42N2O5/c1-8-10-11-12-20(23-15-14-22(36-6)19-26(23)37-7)18-28(34)31-25-17-21(29(35)32-27(33)9-2)13-16-24(25)30(3,4)5/h13-17,19-20H,8-12,18H2,1-7H3,(H,31,34)(H,32,33,35). The number of unbranched alkanes of at least 4 members (excludes halogenated alkanes) is 2. The van der Waals surface area contributed by atoms with Gasteiger partial charge in [-0.15, -0.1) is 0 Å². The van der Waals surface area contributed by atoms with Crippen LogP contribution in [0.25, 0.3) is 0 Å². The van der Waals surface area contributed by atoms with Crippen molar-refractivity contribution in [3.63, 3.8) is 0 Å².